The van der Waals surface area contributed by atoms with E-state index in [1.165, 1.54) is 12.8 Å². The molecular formula is C33H40ClN5O3. The number of hydrogen-bond donors (Lipinski definition) is 1. The van der Waals surface area contributed by atoms with Gasteiger partial charge in [0.2, 0.25) is 0 Å². The van der Waals surface area contributed by atoms with Crippen LogP contribution in [-0.2, 0) is 6.54 Å². The molecule has 0 unspecified atom stereocenters. The summed E-state index contributed by atoms with van der Waals surface area (Å²) in [6, 6.07) is 13.3. The molecule has 2 amide bonds. The van der Waals surface area contributed by atoms with E-state index < -0.39 is 0 Å². The van der Waals surface area contributed by atoms with Crippen molar-refractivity contribution in [3.63, 3.8) is 0 Å². The van der Waals surface area contributed by atoms with Crippen LogP contribution in [0.3, 0.4) is 0 Å². The molecule has 2 saturated heterocycles. The monoisotopic (exact) mass is 589 g/mol. The summed E-state index contributed by atoms with van der Waals surface area (Å²) in [6.45, 7) is 14.5. The second kappa shape index (κ2) is 10.9. The van der Waals surface area contributed by atoms with Crippen molar-refractivity contribution in [3.05, 3.63) is 63.7 Å². The average molecular weight is 590 g/mol. The molecule has 0 radical (unpaired) electrons. The molecule has 0 atom stereocenters. The van der Waals surface area contributed by atoms with Crippen LogP contribution >= 0.6 is 11.6 Å². The van der Waals surface area contributed by atoms with Gasteiger partial charge in [0.15, 0.2) is 0 Å². The minimum absolute atomic E-state index is 0.00519. The lowest BCUT2D eigenvalue weighted by Crippen LogP contribution is -2.74. The largest absolute Gasteiger partial charge is 0.489 e. The summed E-state index contributed by atoms with van der Waals surface area (Å²) in [6.07, 6.45) is 2.18. The summed E-state index contributed by atoms with van der Waals surface area (Å²) in [5.74, 6) is 0.664. The number of rotatable bonds is 5. The zero-order valence-electron chi connectivity index (χ0n) is 25.0. The van der Waals surface area contributed by atoms with E-state index >= 15 is 0 Å². The van der Waals surface area contributed by atoms with Gasteiger partial charge in [-0.1, -0.05) is 39.3 Å². The van der Waals surface area contributed by atoms with E-state index in [1.54, 1.807) is 18.2 Å². The molecule has 3 aliphatic heterocycles. The Morgan fingerprint density at radius 1 is 1.02 bits per heavy atom. The predicted molar refractivity (Wildman–Crippen MR) is 162 cm³/mol. The molecule has 1 aliphatic carbocycles. The quantitative estimate of drug-likeness (QED) is 0.550. The van der Waals surface area contributed by atoms with E-state index in [0.29, 0.717) is 40.0 Å². The normalized spacial score (nSPS) is 25.5. The Balaban J connectivity index is 1.13. The van der Waals surface area contributed by atoms with Crippen LogP contribution < -0.4 is 10.1 Å². The number of carbonyl (C=O) groups excluding carboxylic acids is 2. The molecule has 6 rings (SSSR count). The molecule has 0 aromatic heterocycles. The predicted octanol–water partition coefficient (Wildman–Crippen LogP) is 4.56. The lowest BCUT2D eigenvalue weighted by atomic mass is 9.49. The number of nitrogens with zero attached hydrogens (tertiary/aromatic N) is 4. The van der Waals surface area contributed by atoms with Gasteiger partial charge >= 0.3 is 0 Å². The Hall–Kier alpha value is -3.12. The van der Waals surface area contributed by atoms with E-state index in [9.17, 15) is 14.9 Å². The van der Waals surface area contributed by atoms with Crippen molar-refractivity contribution in [3.8, 4) is 11.8 Å². The highest BCUT2D eigenvalue weighted by atomic mass is 35.5. The fourth-order valence-corrected chi connectivity index (χ4v) is 8.55. The number of amides is 2. The Kier molecular flexibility index (Phi) is 7.49. The topological polar surface area (TPSA) is 88.9 Å². The van der Waals surface area contributed by atoms with Gasteiger partial charge in [-0.05, 0) is 61.8 Å². The van der Waals surface area contributed by atoms with Gasteiger partial charge in [0.25, 0.3) is 11.8 Å². The average Bonchev–Trinajstić information content (AvgIpc) is 3.29. The minimum Gasteiger partial charge on any atom is -0.489 e. The number of fused-ring (bicyclic) bond motifs is 1. The van der Waals surface area contributed by atoms with E-state index in [1.807, 2.05) is 28.0 Å². The Labute approximate surface area is 253 Å². The van der Waals surface area contributed by atoms with E-state index in [0.717, 1.165) is 44.8 Å². The summed E-state index contributed by atoms with van der Waals surface area (Å²) < 4.78 is 6.44. The van der Waals surface area contributed by atoms with Crippen LogP contribution in [0.5, 0.6) is 5.75 Å². The molecule has 0 spiro atoms. The zero-order valence-corrected chi connectivity index (χ0v) is 25.7. The summed E-state index contributed by atoms with van der Waals surface area (Å²) in [5, 5.41) is 13.0. The van der Waals surface area contributed by atoms with Crippen molar-refractivity contribution in [1.82, 2.24) is 20.0 Å². The van der Waals surface area contributed by atoms with Crippen molar-refractivity contribution in [1.29, 1.82) is 5.26 Å². The van der Waals surface area contributed by atoms with Gasteiger partial charge in [0.05, 0.1) is 10.6 Å². The smallest absolute Gasteiger partial charge is 0.254 e. The molecule has 2 aromatic carbocycles. The Bertz CT molecular complexity index is 1420. The molecule has 1 N–H and O–H groups in total. The SMILES string of the molecule is CC1(C)[C@H](Oc2ccc(C#N)c(Cl)c2)C(C)(C)[C@H]1N1Cc2cc(C(=O)N3CCN(C4CCNCC4)CC3)ccc2C1=O. The van der Waals surface area contributed by atoms with Crippen molar-refractivity contribution < 1.29 is 14.3 Å². The van der Waals surface area contributed by atoms with Gasteiger partial charge in [-0.3, -0.25) is 14.5 Å². The number of carbonyl (C=O) groups is 2. The van der Waals surface area contributed by atoms with Crippen LogP contribution in [0.2, 0.25) is 5.02 Å². The molecule has 42 heavy (non-hydrogen) atoms. The number of piperazine rings is 1. The van der Waals surface area contributed by atoms with Crippen molar-refractivity contribution >= 4 is 23.4 Å². The first-order valence-electron chi connectivity index (χ1n) is 15.1. The molecule has 222 valence electrons. The molecule has 9 heteroatoms. The maximum atomic E-state index is 13.7. The van der Waals surface area contributed by atoms with Crippen LogP contribution in [-0.4, -0.2) is 84.0 Å². The maximum Gasteiger partial charge on any atom is 0.254 e. The highest BCUT2D eigenvalue weighted by molar-refractivity contribution is 6.31. The number of benzene rings is 2. The van der Waals surface area contributed by atoms with Crippen LogP contribution in [0.25, 0.3) is 0 Å². The van der Waals surface area contributed by atoms with Gasteiger partial charge < -0.3 is 19.9 Å². The van der Waals surface area contributed by atoms with Gasteiger partial charge in [0, 0.05) is 72.8 Å². The minimum atomic E-state index is -0.339. The van der Waals surface area contributed by atoms with Crippen LogP contribution in [0, 0.1) is 22.2 Å². The summed E-state index contributed by atoms with van der Waals surface area (Å²) >= 11 is 6.26. The van der Waals surface area contributed by atoms with Crippen LogP contribution in [0.4, 0.5) is 0 Å². The highest BCUT2D eigenvalue weighted by Gasteiger charge is 2.67. The molecular weight excluding hydrogens is 550 g/mol. The van der Waals surface area contributed by atoms with Crippen molar-refractivity contribution in [2.45, 2.75) is 65.3 Å². The second-order valence-corrected chi connectivity index (χ2v) is 13.8. The number of halogens is 1. The lowest BCUT2D eigenvalue weighted by molar-refractivity contribution is -0.199. The van der Waals surface area contributed by atoms with E-state index in [2.05, 4.69) is 44.0 Å². The third kappa shape index (κ3) is 4.86. The molecule has 1 saturated carbocycles. The first-order chi connectivity index (χ1) is 20.0. The zero-order chi connectivity index (χ0) is 29.8. The summed E-state index contributed by atoms with van der Waals surface area (Å²) in [5.41, 5.74) is 1.98. The summed E-state index contributed by atoms with van der Waals surface area (Å²) in [4.78, 5) is 33.6. The molecule has 2 aromatic rings. The molecule has 0 bridgehead atoms. The van der Waals surface area contributed by atoms with Gasteiger partial charge in [-0.2, -0.15) is 5.26 Å². The number of ether oxygens (including phenoxy) is 1. The van der Waals surface area contributed by atoms with Crippen molar-refractivity contribution in [2.75, 3.05) is 39.3 Å². The number of piperidine rings is 1. The lowest BCUT2D eigenvalue weighted by Gasteiger charge is -2.65. The maximum absolute atomic E-state index is 13.7. The first kappa shape index (κ1) is 29.0. The van der Waals surface area contributed by atoms with Gasteiger partial charge in [-0.25, -0.2) is 0 Å². The molecule has 3 heterocycles. The third-order valence-corrected chi connectivity index (χ3v) is 10.3. The fourth-order valence-electron chi connectivity index (χ4n) is 8.34. The summed E-state index contributed by atoms with van der Waals surface area (Å²) in [7, 11) is 0. The Morgan fingerprint density at radius 3 is 2.36 bits per heavy atom. The van der Waals surface area contributed by atoms with Crippen molar-refractivity contribution in [2.24, 2.45) is 10.8 Å². The van der Waals surface area contributed by atoms with E-state index in [4.69, 9.17) is 16.3 Å². The third-order valence-electron chi connectivity index (χ3n) is 10.00. The number of nitriles is 1. The second-order valence-electron chi connectivity index (χ2n) is 13.4. The Morgan fingerprint density at radius 2 is 1.71 bits per heavy atom. The highest BCUT2D eigenvalue weighted by Crippen LogP contribution is 2.59. The van der Waals surface area contributed by atoms with Gasteiger partial charge in [-0.15, -0.1) is 0 Å². The molecule has 8 nitrogen and oxygen atoms in total. The first-order valence-corrected chi connectivity index (χ1v) is 15.4. The van der Waals surface area contributed by atoms with Crippen LogP contribution in [0.15, 0.2) is 36.4 Å². The van der Waals surface area contributed by atoms with Gasteiger partial charge in [0.1, 0.15) is 17.9 Å². The fraction of sp³-hybridized carbons (Fsp3) is 0.545. The molecule has 3 fully saturated rings. The van der Waals surface area contributed by atoms with Crippen LogP contribution in [0.1, 0.15) is 72.4 Å². The number of hydrogen-bond acceptors (Lipinski definition) is 6. The standard InChI is InChI=1S/C33H40ClN5O3/c1-32(2)30(33(3,4)31(32)42-25-7-5-22(19-35)27(34)18-25)39-20-23-17-21(6-8-26(23)29(39)41)28(40)38-15-13-37(14-16-38)24-9-11-36-12-10-24/h5-8,17-18,24,30-31,36H,9-16,20H2,1-4H3/t30-,31-. The van der Waals surface area contributed by atoms with E-state index in [-0.39, 0.29) is 34.8 Å². The number of nitrogens with one attached hydrogen (secondary N) is 1. The molecule has 4 aliphatic rings.